The molecule has 4 aromatic heterocycles. The summed E-state index contributed by atoms with van der Waals surface area (Å²) in [5.74, 6) is -0.341. The highest BCUT2D eigenvalue weighted by Crippen LogP contribution is 2.30. The second kappa shape index (κ2) is 8.30. The van der Waals surface area contributed by atoms with E-state index in [9.17, 15) is 18.0 Å². The molecule has 0 aromatic carbocycles. The van der Waals surface area contributed by atoms with Crippen LogP contribution in [0.15, 0.2) is 67.9 Å². The maximum absolute atomic E-state index is 12.8. The number of nitrogens with zero attached hydrogens (tertiary/aromatic N) is 6. The fraction of sp³-hybridized carbons (Fsp3) is 0.100. The van der Waals surface area contributed by atoms with E-state index in [1.54, 1.807) is 24.5 Å². The first kappa shape index (κ1) is 20.1. The Bertz CT molecular complexity index is 1190. The molecule has 0 radical (unpaired) electrons. The van der Waals surface area contributed by atoms with E-state index in [1.807, 2.05) is 0 Å². The van der Waals surface area contributed by atoms with Crippen LogP contribution in [0.1, 0.15) is 5.69 Å². The Labute approximate surface area is 173 Å². The number of halogens is 3. The van der Waals surface area contributed by atoms with Gasteiger partial charge in [-0.05, 0) is 24.3 Å². The molecule has 1 N–H and O–H groups in total. The van der Waals surface area contributed by atoms with Crippen molar-refractivity contribution in [2.75, 3.05) is 5.32 Å². The van der Waals surface area contributed by atoms with Gasteiger partial charge in [-0.25, -0.2) is 15.0 Å². The van der Waals surface area contributed by atoms with Crippen LogP contribution in [-0.2, 0) is 17.5 Å². The van der Waals surface area contributed by atoms with Crippen molar-refractivity contribution in [2.24, 2.45) is 0 Å². The van der Waals surface area contributed by atoms with Gasteiger partial charge in [0.2, 0.25) is 5.91 Å². The van der Waals surface area contributed by atoms with Crippen molar-refractivity contribution in [3.63, 3.8) is 0 Å². The van der Waals surface area contributed by atoms with Crippen LogP contribution in [0.3, 0.4) is 0 Å². The Morgan fingerprint density at radius 2 is 1.77 bits per heavy atom. The van der Waals surface area contributed by atoms with Gasteiger partial charge in [0.05, 0.1) is 29.6 Å². The molecule has 4 rings (SSSR count). The van der Waals surface area contributed by atoms with E-state index in [1.165, 1.54) is 35.7 Å². The lowest BCUT2D eigenvalue weighted by Crippen LogP contribution is -2.18. The number of nitrogens with one attached hydrogen (secondary N) is 1. The van der Waals surface area contributed by atoms with Gasteiger partial charge in [-0.2, -0.15) is 13.2 Å². The lowest BCUT2D eigenvalue weighted by molar-refractivity contribution is -0.141. The Kier molecular flexibility index (Phi) is 5.39. The third-order valence-corrected chi connectivity index (χ3v) is 4.21. The normalized spacial score (nSPS) is 11.3. The second-order valence-corrected chi connectivity index (χ2v) is 6.47. The Morgan fingerprint density at radius 3 is 2.48 bits per heavy atom. The number of carbonyl (C=O) groups excluding carboxylic acids is 1. The zero-order chi connectivity index (χ0) is 21.8. The molecular weight excluding hydrogens is 411 g/mol. The number of amides is 1. The Hall–Kier alpha value is -4.15. The molecule has 1 amide bonds. The first-order valence-corrected chi connectivity index (χ1v) is 8.95. The van der Waals surface area contributed by atoms with Crippen LogP contribution in [0.2, 0.25) is 0 Å². The maximum Gasteiger partial charge on any atom is 0.433 e. The highest BCUT2D eigenvalue weighted by atomic mass is 19.4. The van der Waals surface area contributed by atoms with Crippen molar-refractivity contribution in [3.8, 4) is 22.5 Å². The minimum absolute atomic E-state index is 0.0709. The summed E-state index contributed by atoms with van der Waals surface area (Å²) in [6, 6.07) is 5.76. The van der Waals surface area contributed by atoms with Gasteiger partial charge in [-0.3, -0.25) is 14.8 Å². The van der Waals surface area contributed by atoms with Crippen LogP contribution in [-0.4, -0.2) is 35.4 Å². The number of rotatable bonds is 5. The molecule has 31 heavy (non-hydrogen) atoms. The predicted octanol–water partition coefficient (Wildman–Crippen LogP) is 3.45. The standard InChI is InChI=1S/C20H14F3N7O/c21-20(22,23)18-5-13(3-4-26-18)17-9-30(12-28-17)10-19(31)29-15-1-2-16(27-8-15)14-6-24-11-25-7-14/h1-9,11-12H,10H2,(H,29,31). The van der Waals surface area contributed by atoms with E-state index in [2.05, 4.69) is 30.2 Å². The van der Waals surface area contributed by atoms with Crippen molar-refractivity contribution < 1.29 is 18.0 Å². The average Bonchev–Trinajstić information content (AvgIpc) is 3.23. The summed E-state index contributed by atoms with van der Waals surface area (Å²) in [5, 5.41) is 2.71. The molecule has 4 heterocycles. The number of alkyl halides is 3. The molecule has 0 aliphatic rings. The number of anilines is 1. The number of carbonyl (C=O) groups is 1. The summed E-state index contributed by atoms with van der Waals surface area (Å²) in [6.07, 6.45) is 5.58. The third kappa shape index (κ3) is 4.89. The van der Waals surface area contributed by atoms with Crippen LogP contribution in [0, 0.1) is 0 Å². The van der Waals surface area contributed by atoms with Crippen molar-refractivity contribution in [2.45, 2.75) is 12.7 Å². The number of imidazole rings is 1. The summed E-state index contributed by atoms with van der Waals surface area (Å²) in [5.41, 5.74) is 1.46. The minimum Gasteiger partial charge on any atom is -0.327 e. The predicted molar refractivity (Wildman–Crippen MR) is 104 cm³/mol. The fourth-order valence-corrected chi connectivity index (χ4v) is 2.78. The lowest BCUT2D eigenvalue weighted by Gasteiger charge is -2.07. The quantitative estimate of drug-likeness (QED) is 0.526. The van der Waals surface area contributed by atoms with Gasteiger partial charge in [-0.15, -0.1) is 0 Å². The van der Waals surface area contributed by atoms with Gasteiger partial charge in [-0.1, -0.05) is 0 Å². The Balaban J connectivity index is 1.40. The molecule has 11 heteroatoms. The van der Waals surface area contributed by atoms with Gasteiger partial charge in [0.1, 0.15) is 18.6 Å². The second-order valence-electron chi connectivity index (χ2n) is 6.47. The number of hydrogen-bond acceptors (Lipinski definition) is 6. The summed E-state index contributed by atoms with van der Waals surface area (Å²) in [7, 11) is 0. The van der Waals surface area contributed by atoms with Gasteiger partial charge in [0.25, 0.3) is 0 Å². The molecule has 8 nitrogen and oxygen atoms in total. The lowest BCUT2D eigenvalue weighted by atomic mass is 10.2. The number of aromatic nitrogens is 6. The van der Waals surface area contributed by atoms with E-state index in [-0.39, 0.29) is 18.0 Å². The molecule has 0 fully saturated rings. The summed E-state index contributed by atoms with van der Waals surface area (Å²) in [4.78, 5) is 31.8. The molecule has 156 valence electrons. The monoisotopic (exact) mass is 425 g/mol. The van der Waals surface area contributed by atoms with E-state index >= 15 is 0 Å². The molecule has 0 unspecified atom stereocenters. The molecule has 0 atom stereocenters. The number of hydrogen-bond donors (Lipinski definition) is 1. The molecule has 0 saturated heterocycles. The Morgan fingerprint density at radius 1 is 0.968 bits per heavy atom. The average molecular weight is 425 g/mol. The highest BCUT2D eigenvalue weighted by Gasteiger charge is 2.32. The van der Waals surface area contributed by atoms with E-state index in [4.69, 9.17) is 0 Å². The topological polar surface area (TPSA) is 98.5 Å². The summed E-state index contributed by atoms with van der Waals surface area (Å²) in [6.45, 7) is -0.0709. The zero-order valence-electron chi connectivity index (χ0n) is 15.8. The summed E-state index contributed by atoms with van der Waals surface area (Å²) < 4.78 is 40.0. The summed E-state index contributed by atoms with van der Waals surface area (Å²) >= 11 is 0. The zero-order valence-corrected chi connectivity index (χ0v) is 15.8. The molecule has 0 aliphatic heterocycles. The maximum atomic E-state index is 12.8. The third-order valence-electron chi connectivity index (χ3n) is 4.21. The van der Waals surface area contributed by atoms with Crippen LogP contribution >= 0.6 is 0 Å². The fourth-order valence-electron chi connectivity index (χ4n) is 2.78. The molecule has 0 saturated carbocycles. The van der Waals surface area contributed by atoms with Gasteiger partial charge in [0.15, 0.2) is 0 Å². The molecule has 0 aliphatic carbocycles. The molecule has 0 bridgehead atoms. The van der Waals surface area contributed by atoms with Crippen molar-refractivity contribution >= 4 is 11.6 Å². The SMILES string of the molecule is O=C(Cn1cnc(-c2ccnc(C(F)(F)F)c2)c1)Nc1ccc(-c2cncnc2)nc1. The largest absolute Gasteiger partial charge is 0.433 e. The van der Waals surface area contributed by atoms with Crippen LogP contribution in [0.4, 0.5) is 18.9 Å². The smallest absolute Gasteiger partial charge is 0.327 e. The van der Waals surface area contributed by atoms with Gasteiger partial charge in [0, 0.05) is 35.9 Å². The van der Waals surface area contributed by atoms with Crippen molar-refractivity contribution in [1.82, 2.24) is 29.5 Å². The highest BCUT2D eigenvalue weighted by molar-refractivity contribution is 5.90. The molecular formula is C20H14F3N7O. The van der Waals surface area contributed by atoms with Crippen LogP contribution in [0.5, 0.6) is 0 Å². The van der Waals surface area contributed by atoms with E-state index in [0.29, 0.717) is 17.1 Å². The van der Waals surface area contributed by atoms with E-state index in [0.717, 1.165) is 17.8 Å². The van der Waals surface area contributed by atoms with Crippen molar-refractivity contribution in [3.05, 3.63) is 73.6 Å². The van der Waals surface area contributed by atoms with Gasteiger partial charge < -0.3 is 9.88 Å². The number of pyridine rings is 2. The molecule has 0 spiro atoms. The minimum atomic E-state index is -4.55. The van der Waals surface area contributed by atoms with Crippen LogP contribution in [0.25, 0.3) is 22.5 Å². The molecule has 4 aromatic rings. The van der Waals surface area contributed by atoms with E-state index < -0.39 is 11.9 Å². The first-order chi connectivity index (χ1) is 14.9. The van der Waals surface area contributed by atoms with Crippen LogP contribution < -0.4 is 5.32 Å². The first-order valence-electron chi connectivity index (χ1n) is 8.95. The van der Waals surface area contributed by atoms with Crippen molar-refractivity contribution in [1.29, 1.82) is 0 Å². The van der Waals surface area contributed by atoms with Gasteiger partial charge >= 0.3 is 6.18 Å².